The van der Waals surface area contributed by atoms with Gasteiger partial charge in [-0.25, -0.2) is 0 Å². The molecule has 1 atom stereocenters. The molecule has 1 aromatic carbocycles. The largest absolute Gasteiger partial charge is 0.389 e. The molecule has 0 aromatic heterocycles. The van der Waals surface area contributed by atoms with Gasteiger partial charge in [-0.3, -0.25) is 4.99 Å². The molecular formula is C18H28F3N3O. The van der Waals surface area contributed by atoms with Crippen molar-refractivity contribution in [3.63, 3.8) is 0 Å². The molecule has 2 N–H and O–H groups in total. The third-order valence-corrected chi connectivity index (χ3v) is 3.65. The molecule has 0 aliphatic rings. The van der Waals surface area contributed by atoms with Crippen LogP contribution in [0.3, 0.4) is 0 Å². The van der Waals surface area contributed by atoms with Gasteiger partial charge in [0.05, 0.1) is 6.10 Å². The standard InChI is InChI=1S/C18H28F3N3O/c1-15(16-9-4-3-5-10-16)25-14-8-13-24-17(22-2)23-12-7-6-11-18(19,20)21/h3-5,9-10,15H,6-8,11-14H2,1-2H3,(H2,22,23,24). The highest BCUT2D eigenvalue weighted by atomic mass is 19.4. The van der Waals surface area contributed by atoms with E-state index in [1.165, 1.54) is 0 Å². The van der Waals surface area contributed by atoms with Crippen molar-refractivity contribution in [3.05, 3.63) is 35.9 Å². The SMILES string of the molecule is CN=C(NCCCCC(F)(F)F)NCCCOC(C)c1ccccc1. The summed E-state index contributed by atoms with van der Waals surface area (Å²) in [5, 5.41) is 6.14. The second kappa shape index (κ2) is 11.7. The van der Waals surface area contributed by atoms with E-state index in [2.05, 4.69) is 15.6 Å². The molecule has 1 unspecified atom stereocenters. The molecule has 0 saturated carbocycles. The van der Waals surface area contributed by atoms with Gasteiger partial charge in [0, 0.05) is 33.2 Å². The number of halogens is 3. The van der Waals surface area contributed by atoms with Gasteiger partial charge in [0.25, 0.3) is 0 Å². The number of aliphatic imine (C=N–C) groups is 1. The summed E-state index contributed by atoms with van der Waals surface area (Å²) >= 11 is 0. The molecule has 0 saturated heterocycles. The zero-order chi connectivity index (χ0) is 18.5. The Morgan fingerprint density at radius 3 is 2.32 bits per heavy atom. The molecule has 0 fully saturated rings. The molecule has 4 nitrogen and oxygen atoms in total. The summed E-state index contributed by atoms with van der Waals surface area (Å²) in [5.74, 6) is 0.600. The molecule has 0 heterocycles. The van der Waals surface area contributed by atoms with Crippen LogP contribution in [0.4, 0.5) is 13.2 Å². The molecule has 0 aliphatic heterocycles. The van der Waals surface area contributed by atoms with Crippen molar-refractivity contribution in [2.75, 3.05) is 26.7 Å². The minimum atomic E-state index is -4.07. The van der Waals surface area contributed by atoms with Gasteiger partial charge in [0.15, 0.2) is 5.96 Å². The molecule has 1 rings (SSSR count). The molecular weight excluding hydrogens is 331 g/mol. The number of nitrogens with one attached hydrogen (secondary N) is 2. The number of rotatable bonds is 10. The van der Waals surface area contributed by atoms with Crippen molar-refractivity contribution in [2.24, 2.45) is 4.99 Å². The predicted octanol–water partition coefficient (Wildman–Crippen LogP) is 4.05. The molecule has 0 bridgehead atoms. The number of hydrogen-bond donors (Lipinski definition) is 2. The number of nitrogens with zero attached hydrogens (tertiary/aromatic N) is 1. The van der Waals surface area contributed by atoms with Crippen molar-refractivity contribution in [2.45, 2.75) is 44.9 Å². The van der Waals surface area contributed by atoms with Gasteiger partial charge in [-0.2, -0.15) is 13.2 Å². The van der Waals surface area contributed by atoms with Crippen molar-refractivity contribution in [1.29, 1.82) is 0 Å². The number of alkyl halides is 3. The molecule has 1 aromatic rings. The third kappa shape index (κ3) is 10.7. The lowest BCUT2D eigenvalue weighted by Gasteiger charge is -2.15. The van der Waals surface area contributed by atoms with E-state index in [-0.39, 0.29) is 12.5 Å². The number of benzene rings is 1. The summed E-state index contributed by atoms with van der Waals surface area (Å²) in [6.45, 7) is 3.79. The molecule has 0 radical (unpaired) electrons. The minimum absolute atomic E-state index is 0.0484. The van der Waals surface area contributed by atoms with Gasteiger partial charge < -0.3 is 15.4 Å². The topological polar surface area (TPSA) is 45.7 Å². The van der Waals surface area contributed by atoms with E-state index in [1.807, 2.05) is 37.3 Å². The monoisotopic (exact) mass is 359 g/mol. The molecule has 7 heteroatoms. The Morgan fingerprint density at radius 1 is 1.08 bits per heavy atom. The van der Waals surface area contributed by atoms with E-state index in [0.29, 0.717) is 32.1 Å². The Bertz CT molecular complexity index is 492. The van der Waals surface area contributed by atoms with E-state index < -0.39 is 12.6 Å². The van der Waals surface area contributed by atoms with Crippen molar-refractivity contribution in [1.82, 2.24) is 10.6 Å². The molecule has 0 spiro atoms. The summed E-state index contributed by atoms with van der Waals surface area (Å²) in [6, 6.07) is 10.0. The van der Waals surface area contributed by atoms with Crippen LogP contribution in [0, 0.1) is 0 Å². The van der Waals surface area contributed by atoms with Crippen LogP contribution in [0.5, 0.6) is 0 Å². The molecule has 142 valence electrons. The number of guanidine groups is 1. The Hall–Kier alpha value is -1.76. The van der Waals surface area contributed by atoms with Gasteiger partial charge >= 0.3 is 6.18 Å². The lowest BCUT2D eigenvalue weighted by molar-refractivity contribution is -0.135. The van der Waals surface area contributed by atoms with Gasteiger partial charge in [0.2, 0.25) is 0 Å². The molecule has 0 amide bonds. The van der Waals surface area contributed by atoms with Crippen LogP contribution in [-0.2, 0) is 4.74 Å². The van der Waals surface area contributed by atoms with Crippen LogP contribution in [0.15, 0.2) is 35.3 Å². The predicted molar refractivity (Wildman–Crippen MR) is 94.7 cm³/mol. The van der Waals surface area contributed by atoms with Crippen LogP contribution in [0.2, 0.25) is 0 Å². The van der Waals surface area contributed by atoms with E-state index in [1.54, 1.807) is 7.05 Å². The number of ether oxygens (including phenoxy) is 1. The van der Waals surface area contributed by atoms with Gasteiger partial charge in [-0.05, 0) is 31.7 Å². The quantitative estimate of drug-likeness (QED) is 0.376. The zero-order valence-electron chi connectivity index (χ0n) is 14.9. The maximum atomic E-state index is 12.0. The fraction of sp³-hybridized carbons (Fsp3) is 0.611. The van der Waals surface area contributed by atoms with Gasteiger partial charge in [-0.15, -0.1) is 0 Å². The highest BCUT2D eigenvalue weighted by molar-refractivity contribution is 5.79. The Balaban J connectivity index is 2.07. The van der Waals surface area contributed by atoms with Gasteiger partial charge in [0.1, 0.15) is 0 Å². The average Bonchev–Trinajstić information content (AvgIpc) is 2.59. The second-order valence-electron chi connectivity index (χ2n) is 5.78. The first kappa shape index (κ1) is 21.3. The van der Waals surface area contributed by atoms with Crippen LogP contribution < -0.4 is 10.6 Å². The first-order chi connectivity index (χ1) is 11.9. The van der Waals surface area contributed by atoms with Crippen LogP contribution in [0.25, 0.3) is 0 Å². The fourth-order valence-corrected chi connectivity index (χ4v) is 2.24. The Kier molecular flexibility index (Phi) is 9.99. The van der Waals surface area contributed by atoms with Crippen LogP contribution in [-0.4, -0.2) is 38.9 Å². The third-order valence-electron chi connectivity index (χ3n) is 3.65. The van der Waals surface area contributed by atoms with Crippen LogP contribution in [0.1, 0.15) is 44.3 Å². The average molecular weight is 359 g/mol. The van der Waals surface area contributed by atoms with Crippen LogP contribution >= 0.6 is 0 Å². The lowest BCUT2D eigenvalue weighted by atomic mass is 10.1. The smallest absolute Gasteiger partial charge is 0.374 e. The zero-order valence-corrected chi connectivity index (χ0v) is 14.9. The van der Waals surface area contributed by atoms with E-state index in [9.17, 15) is 13.2 Å². The maximum Gasteiger partial charge on any atom is 0.389 e. The van der Waals surface area contributed by atoms with E-state index in [4.69, 9.17) is 4.74 Å². The summed E-state index contributed by atoms with van der Waals surface area (Å²) in [4.78, 5) is 4.05. The number of hydrogen-bond acceptors (Lipinski definition) is 2. The first-order valence-corrected chi connectivity index (χ1v) is 8.60. The first-order valence-electron chi connectivity index (χ1n) is 8.60. The summed E-state index contributed by atoms with van der Waals surface area (Å²) in [5.41, 5.74) is 1.15. The highest BCUT2D eigenvalue weighted by Crippen LogP contribution is 2.21. The number of unbranched alkanes of at least 4 members (excludes halogenated alkanes) is 1. The minimum Gasteiger partial charge on any atom is -0.374 e. The second-order valence-corrected chi connectivity index (χ2v) is 5.78. The maximum absolute atomic E-state index is 12.0. The Labute approximate surface area is 147 Å². The van der Waals surface area contributed by atoms with E-state index >= 15 is 0 Å². The lowest BCUT2D eigenvalue weighted by Crippen LogP contribution is -2.38. The van der Waals surface area contributed by atoms with Gasteiger partial charge in [-0.1, -0.05) is 30.3 Å². The van der Waals surface area contributed by atoms with Crippen molar-refractivity contribution >= 4 is 5.96 Å². The van der Waals surface area contributed by atoms with E-state index in [0.717, 1.165) is 12.0 Å². The Morgan fingerprint density at radius 2 is 1.72 bits per heavy atom. The van der Waals surface area contributed by atoms with Crippen molar-refractivity contribution < 1.29 is 17.9 Å². The highest BCUT2D eigenvalue weighted by Gasteiger charge is 2.25. The normalized spacial score (nSPS) is 13.6. The van der Waals surface area contributed by atoms with Crippen molar-refractivity contribution in [3.8, 4) is 0 Å². The summed E-state index contributed by atoms with van der Waals surface area (Å²) < 4.78 is 41.9. The summed E-state index contributed by atoms with van der Waals surface area (Å²) in [6.07, 6.45) is -3.37. The fourth-order valence-electron chi connectivity index (χ4n) is 2.24. The molecule has 0 aliphatic carbocycles. The molecule has 25 heavy (non-hydrogen) atoms. The summed E-state index contributed by atoms with van der Waals surface area (Å²) in [7, 11) is 1.64.